The van der Waals surface area contributed by atoms with Crippen LogP contribution < -0.4 is 5.56 Å². The number of nitrogens with zero attached hydrogens (tertiary/aromatic N) is 2. The Balaban J connectivity index is 1.17. The lowest BCUT2D eigenvalue weighted by molar-refractivity contribution is -0.127. The summed E-state index contributed by atoms with van der Waals surface area (Å²) in [5.74, 6) is 4.49. The van der Waals surface area contributed by atoms with Crippen molar-refractivity contribution in [3.05, 3.63) is 62.7 Å². The third-order valence-electron chi connectivity index (χ3n) is 5.72. The number of amides is 1. The van der Waals surface area contributed by atoms with Crippen molar-refractivity contribution >= 4 is 50.6 Å². The van der Waals surface area contributed by atoms with Gasteiger partial charge in [-0.3, -0.25) is 9.59 Å². The van der Waals surface area contributed by atoms with Gasteiger partial charge in [-0.1, -0.05) is 13.0 Å². The third kappa shape index (κ3) is 4.42. The smallest absolute Gasteiger partial charge is 0.260 e. The number of aromatic nitrogens is 2. The van der Waals surface area contributed by atoms with Gasteiger partial charge >= 0.3 is 0 Å². The number of thiophene rings is 2. The van der Waals surface area contributed by atoms with Crippen LogP contribution in [0.2, 0.25) is 0 Å². The molecule has 0 saturated heterocycles. The van der Waals surface area contributed by atoms with Crippen LogP contribution in [0, 0.1) is 5.92 Å². The zero-order valence-corrected chi connectivity index (χ0v) is 20.2. The summed E-state index contributed by atoms with van der Waals surface area (Å²) in [6.07, 6.45) is 1.18. The molecule has 32 heavy (non-hydrogen) atoms. The predicted molar refractivity (Wildman–Crippen MR) is 131 cm³/mol. The van der Waals surface area contributed by atoms with Gasteiger partial charge in [0.2, 0.25) is 5.91 Å². The van der Waals surface area contributed by atoms with Crippen LogP contribution in [0.1, 0.15) is 36.6 Å². The molecule has 0 aliphatic heterocycles. The Morgan fingerprint density at radius 2 is 2.19 bits per heavy atom. The minimum absolute atomic E-state index is 0.0206. The summed E-state index contributed by atoms with van der Waals surface area (Å²) in [6.45, 7) is 2.68. The normalized spacial score (nSPS) is 17.7. The predicted octanol–water partition coefficient (Wildman–Crippen LogP) is 5.32. The molecule has 0 spiro atoms. The van der Waals surface area contributed by atoms with Crippen LogP contribution >= 0.6 is 34.4 Å². The average molecular weight is 486 g/mol. The van der Waals surface area contributed by atoms with E-state index < -0.39 is 0 Å². The van der Waals surface area contributed by atoms with Gasteiger partial charge in [-0.05, 0) is 35.9 Å². The number of nitrogens with one attached hydrogen (secondary N) is 1. The largest absolute Gasteiger partial charge is 0.464 e. The van der Waals surface area contributed by atoms with Gasteiger partial charge in [0, 0.05) is 28.8 Å². The molecule has 5 rings (SSSR count). The van der Waals surface area contributed by atoms with E-state index in [1.165, 1.54) is 29.5 Å². The molecule has 1 fully saturated rings. The monoisotopic (exact) mass is 485 g/mol. The summed E-state index contributed by atoms with van der Waals surface area (Å²) in [6, 6.07) is 7.98. The fourth-order valence-corrected chi connectivity index (χ4v) is 6.35. The summed E-state index contributed by atoms with van der Waals surface area (Å²) >= 11 is 4.53. The van der Waals surface area contributed by atoms with Crippen LogP contribution in [0.4, 0.5) is 0 Å². The Kier molecular flexibility index (Phi) is 5.96. The van der Waals surface area contributed by atoms with Crippen LogP contribution in [0.3, 0.4) is 0 Å². The molecular formula is C23H23N3O3S3. The molecule has 2 atom stereocenters. The van der Waals surface area contributed by atoms with Crippen LogP contribution in [0.15, 0.2) is 44.2 Å². The number of carbonyl (C=O) groups is 1. The molecule has 6 nitrogen and oxygen atoms in total. The van der Waals surface area contributed by atoms with E-state index in [0.717, 1.165) is 26.8 Å². The van der Waals surface area contributed by atoms with Crippen molar-refractivity contribution in [2.45, 2.75) is 31.6 Å². The molecule has 0 bridgehead atoms. The Morgan fingerprint density at radius 3 is 2.94 bits per heavy atom. The van der Waals surface area contributed by atoms with Crippen LogP contribution in [0.5, 0.6) is 0 Å². The summed E-state index contributed by atoms with van der Waals surface area (Å²) < 4.78 is 5.91. The second-order valence-electron chi connectivity index (χ2n) is 8.19. The first-order chi connectivity index (χ1) is 15.5. The van der Waals surface area contributed by atoms with Gasteiger partial charge in [0.05, 0.1) is 23.4 Å². The Morgan fingerprint density at radius 1 is 1.34 bits per heavy atom. The standard InChI is InChI=1S/C23H23N3O3S3/c1-13-8-15(13)17-6-5-14(29-17)9-26(2)20(27)12-30-11-19-24-22(28)21-16(10-32-23(21)25-19)18-4-3-7-31-18/h3-7,10,13,15H,8-9,11-12H2,1-2H3,(H,24,25,28)/t13-,15-/m0/s1. The fraction of sp³-hybridized carbons (Fsp3) is 0.348. The Labute approximate surface area is 197 Å². The molecule has 4 aromatic heterocycles. The van der Waals surface area contributed by atoms with Gasteiger partial charge in [-0.15, -0.1) is 34.4 Å². The average Bonchev–Trinajstić information content (AvgIpc) is 3.23. The number of H-pyrrole nitrogens is 1. The maximum absolute atomic E-state index is 12.7. The van der Waals surface area contributed by atoms with Crippen molar-refractivity contribution in [1.82, 2.24) is 14.9 Å². The molecule has 1 saturated carbocycles. The van der Waals surface area contributed by atoms with Crippen molar-refractivity contribution in [2.75, 3.05) is 12.8 Å². The maximum atomic E-state index is 12.7. The van der Waals surface area contributed by atoms with E-state index in [-0.39, 0.29) is 11.5 Å². The molecule has 1 N–H and O–H groups in total. The van der Waals surface area contributed by atoms with E-state index in [0.29, 0.717) is 41.1 Å². The van der Waals surface area contributed by atoms with E-state index in [2.05, 4.69) is 16.9 Å². The molecule has 0 radical (unpaired) electrons. The van der Waals surface area contributed by atoms with Gasteiger partial charge in [-0.2, -0.15) is 0 Å². The van der Waals surface area contributed by atoms with E-state index in [4.69, 9.17) is 4.42 Å². The minimum Gasteiger partial charge on any atom is -0.464 e. The highest BCUT2D eigenvalue weighted by atomic mass is 32.2. The van der Waals surface area contributed by atoms with Crippen molar-refractivity contribution in [2.24, 2.45) is 5.92 Å². The molecule has 0 aromatic carbocycles. The molecule has 166 valence electrons. The maximum Gasteiger partial charge on any atom is 0.260 e. The molecular weight excluding hydrogens is 462 g/mol. The number of thioether (sulfide) groups is 1. The number of rotatable bonds is 8. The summed E-state index contributed by atoms with van der Waals surface area (Å²) in [7, 11) is 1.79. The molecule has 0 unspecified atom stereocenters. The summed E-state index contributed by atoms with van der Waals surface area (Å²) in [4.78, 5) is 36.2. The van der Waals surface area contributed by atoms with Gasteiger partial charge in [0.25, 0.3) is 5.56 Å². The summed E-state index contributed by atoms with van der Waals surface area (Å²) in [5, 5.41) is 4.62. The molecule has 4 heterocycles. The number of hydrogen-bond acceptors (Lipinski definition) is 7. The van der Waals surface area contributed by atoms with E-state index in [9.17, 15) is 9.59 Å². The number of aromatic amines is 1. The van der Waals surface area contributed by atoms with Gasteiger partial charge in [-0.25, -0.2) is 4.98 Å². The van der Waals surface area contributed by atoms with Crippen LogP contribution in [-0.4, -0.2) is 33.6 Å². The van der Waals surface area contributed by atoms with Crippen molar-refractivity contribution in [1.29, 1.82) is 0 Å². The van der Waals surface area contributed by atoms with E-state index >= 15 is 0 Å². The highest BCUT2D eigenvalue weighted by Gasteiger charge is 2.36. The molecule has 1 aliphatic carbocycles. The highest BCUT2D eigenvalue weighted by molar-refractivity contribution is 7.99. The topological polar surface area (TPSA) is 79.2 Å². The molecule has 9 heteroatoms. The summed E-state index contributed by atoms with van der Waals surface area (Å²) in [5.41, 5.74) is 0.805. The lowest BCUT2D eigenvalue weighted by Crippen LogP contribution is -2.27. The first-order valence-electron chi connectivity index (χ1n) is 10.4. The van der Waals surface area contributed by atoms with E-state index in [1.54, 1.807) is 23.3 Å². The Bertz CT molecular complexity index is 1300. The van der Waals surface area contributed by atoms with Crippen LogP contribution in [-0.2, 0) is 17.1 Å². The second kappa shape index (κ2) is 8.88. The van der Waals surface area contributed by atoms with Gasteiger partial charge in [0.15, 0.2) is 0 Å². The molecule has 4 aromatic rings. The van der Waals surface area contributed by atoms with Crippen molar-refractivity contribution < 1.29 is 9.21 Å². The first kappa shape index (κ1) is 21.5. The van der Waals surface area contributed by atoms with Crippen LogP contribution in [0.25, 0.3) is 20.7 Å². The minimum atomic E-state index is -0.128. The van der Waals surface area contributed by atoms with Crippen molar-refractivity contribution in [3.63, 3.8) is 0 Å². The van der Waals surface area contributed by atoms with Gasteiger partial charge in [0.1, 0.15) is 22.2 Å². The van der Waals surface area contributed by atoms with Gasteiger partial charge < -0.3 is 14.3 Å². The SMILES string of the molecule is C[C@H]1C[C@@H]1c1ccc(CN(C)C(=O)CSCc2nc3scc(-c4cccs4)c3c(=O)[nH]2)o1. The quantitative estimate of drug-likeness (QED) is 0.365. The first-order valence-corrected chi connectivity index (χ1v) is 13.4. The zero-order valence-electron chi connectivity index (χ0n) is 17.8. The van der Waals surface area contributed by atoms with Crippen molar-refractivity contribution in [3.8, 4) is 10.4 Å². The third-order valence-corrected chi connectivity index (χ3v) is 8.42. The molecule has 1 aliphatic rings. The number of fused-ring (bicyclic) bond motifs is 1. The lowest BCUT2D eigenvalue weighted by atomic mass is 10.2. The number of furan rings is 1. The number of hydrogen-bond donors (Lipinski definition) is 1. The highest BCUT2D eigenvalue weighted by Crippen LogP contribution is 2.47. The number of carbonyl (C=O) groups excluding carboxylic acids is 1. The Hall–Kier alpha value is -2.36. The second-order valence-corrected chi connectivity index (χ2v) is 11.0. The molecule has 1 amide bonds. The zero-order chi connectivity index (χ0) is 22.2. The van der Waals surface area contributed by atoms with E-state index in [1.807, 2.05) is 35.0 Å². The fourth-order valence-electron chi connectivity index (χ4n) is 3.74. The lowest BCUT2D eigenvalue weighted by Gasteiger charge is -2.15.